The molecule has 2 heterocycles. The Hall–Kier alpha value is -2.03. The molecular formula is C16H9BrClNO5S. The lowest BCUT2D eigenvalue weighted by Gasteiger charge is -2.07. The molecule has 1 N–H and O–H groups in total. The van der Waals surface area contributed by atoms with E-state index in [-0.39, 0.29) is 4.91 Å². The smallest absolute Gasteiger partial charge is 0.323 e. The van der Waals surface area contributed by atoms with Crippen LogP contribution in [0.2, 0.25) is 5.02 Å². The van der Waals surface area contributed by atoms with E-state index < -0.39 is 23.7 Å². The van der Waals surface area contributed by atoms with E-state index in [1.54, 1.807) is 24.3 Å². The quantitative estimate of drug-likeness (QED) is 0.702. The van der Waals surface area contributed by atoms with E-state index in [0.717, 1.165) is 10.0 Å². The van der Waals surface area contributed by atoms with Gasteiger partial charge in [-0.05, 0) is 52.0 Å². The highest BCUT2D eigenvalue weighted by atomic mass is 79.9. The minimum absolute atomic E-state index is 0.112. The molecule has 2 aromatic rings. The summed E-state index contributed by atoms with van der Waals surface area (Å²) in [5.74, 6) is -0.988. The van der Waals surface area contributed by atoms with Crippen molar-refractivity contribution >= 4 is 62.5 Å². The summed E-state index contributed by atoms with van der Waals surface area (Å²) in [5.41, 5.74) is 0.756. The summed E-state index contributed by atoms with van der Waals surface area (Å²) >= 11 is 10.0. The number of rotatable bonds is 4. The predicted molar refractivity (Wildman–Crippen MR) is 97.2 cm³/mol. The monoisotopic (exact) mass is 441 g/mol. The molecule has 1 fully saturated rings. The fourth-order valence-electron chi connectivity index (χ4n) is 2.14. The number of nitrogens with zero attached hydrogens (tertiary/aromatic N) is 1. The van der Waals surface area contributed by atoms with E-state index in [1.165, 1.54) is 6.08 Å². The number of carbonyl (C=O) groups is 3. The molecular weight excluding hydrogens is 434 g/mol. The molecule has 0 aliphatic carbocycles. The summed E-state index contributed by atoms with van der Waals surface area (Å²) in [6.45, 7) is -0.664. The molecule has 1 aliphatic rings. The van der Waals surface area contributed by atoms with Gasteiger partial charge in [-0.25, -0.2) is 0 Å². The Balaban J connectivity index is 1.84. The standard InChI is InChI=1S/C16H9BrClNO5S/c17-10-3-1-8(5-11(10)18)12-4-2-9(24-12)6-13-15(22)19(7-14(20)21)16(23)25-13/h1-6H,7H2,(H,20,21)/b13-6+. The van der Waals surface area contributed by atoms with Gasteiger partial charge in [0, 0.05) is 16.1 Å². The number of carboxylic acid groups (broad SMARTS) is 1. The van der Waals surface area contributed by atoms with Crippen LogP contribution in [0.1, 0.15) is 5.76 Å². The van der Waals surface area contributed by atoms with E-state index in [9.17, 15) is 14.4 Å². The SMILES string of the molecule is O=C(O)CN1C(=O)S/C(=C/c2ccc(-c3ccc(Br)c(Cl)c3)o2)C1=O. The van der Waals surface area contributed by atoms with Crippen molar-refractivity contribution in [1.29, 1.82) is 0 Å². The highest BCUT2D eigenvalue weighted by Gasteiger charge is 2.36. The zero-order valence-corrected chi connectivity index (χ0v) is 15.5. The number of benzene rings is 1. The molecule has 1 aromatic heterocycles. The minimum atomic E-state index is -1.25. The molecule has 0 atom stereocenters. The molecule has 25 heavy (non-hydrogen) atoms. The number of thioether (sulfide) groups is 1. The van der Waals surface area contributed by atoms with Gasteiger partial charge in [0.2, 0.25) is 0 Å². The normalized spacial score (nSPS) is 16.1. The molecule has 9 heteroatoms. The van der Waals surface area contributed by atoms with Gasteiger partial charge in [0.25, 0.3) is 11.1 Å². The third-order valence-electron chi connectivity index (χ3n) is 3.27. The van der Waals surface area contributed by atoms with Crippen LogP contribution >= 0.6 is 39.3 Å². The Labute approximate surface area is 159 Å². The van der Waals surface area contributed by atoms with Crippen LogP contribution in [0.25, 0.3) is 17.4 Å². The fourth-order valence-corrected chi connectivity index (χ4v) is 3.38. The maximum Gasteiger partial charge on any atom is 0.323 e. The van der Waals surface area contributed by atoms with Crippen molar-refractivity contribution < 1.29 is 23.9 Å². The number of hydrogen-bond acceptors (Lipinski definition) is 5. The number of hydrogen-bond donors (Lipinski definition) is 1. The molecule has 3 rings (SSSR count). The first-order valence-electron chi connectivity index (χ1n) is 6.87. The van der Waals surface area contributed by atoms with Gasteiger partial charge in [-0.3, -0.25) is 19.3 Å². The lowest BCUT2D eigenvalue weighted by Crippen LogP contribution is -2.33. The van der Waals surface area contributed by atoms with Gasteiger partial charge in [0.15, 0.2) is 0 Å². The first-order chi connectivity index (χ1) is 11.8. The number of furan rings is 1. The summed E-state index contributed by atoms with van der Waals surface area (Å²) in [6, 6.07) is 8.70. The fraction of sp³-hybridized carbons (Fsp3) is 0.0625. The Bertz CT molecular complexity index is 923. The summed E-state index contributed by atoms with van der Waals surface area (Å²) < 4.78 is 6.43. The van der Waals surface area contributed by atoms with Crippen LogP contribution in [-0.2, 0) is 9.59 Å². The van der Waals surface area contributed by atoms with Crippen molar-refractivity contribution in [1.82, 2.24) is 4.90 Å². The maximum atomic E-state index is 12.1. The second-order valence-electron chi connectivity index (χ2n) is 4.99. The zero-order valence-electron chi connectivity index (χ0n) is 12.4. The van der Waals surface area contributed by atoms with Crippen LogP contribution in [-0.4, -0.2) is 33.7 Å². The molecule has 128 valence electrons. The lowest BCUT2D eigenvalue weighted by molar-refractivity contribution is -0.140. The van der Waals surface area contributed by atoms with Gasteiger partial charge >= 0.3 is 5.97 Å². The van der Waals surface area contributed by atoms with Crippen molar-refractivity contribution in [2.75, 3.05) is 6.54 Å². The molecule has 6 nitrogen and oxygen atoms in total. The molecule has 0 saturated carbocycles. The van der Waals surface area contributed by atoms with Crippen molar-refractivity contribution in [2.45, 2.75) is 0 Å². The van der Waals surface area contributed by atoms with E-state index in [0.29, 0.717) is 33.2 Å². The van der Waals surface area contributed by atoms with Crippen LogP contribution in [0, 0.1) is 0 Å². The van der Waals surface area contributed by atoms with Crippen LogP contribution in [0.4, 0.5) is 4.79 Å². The minimum Gasteiger partial charge on any atom is -0.480 e. The van der Waals surface area contributed by atoms with Gasteiger partial charge in [0.1, 0.15) is 18.1 Å². The third-order valence-corrected chi connectivity index (χ3v) is 5.41. The summed E-state index contributed by atoms with van der Waals surface area (Å²) in [6.07, 6.45) is 1.41. The molecule has 2 amide bonds. The van der Waals surface area contributed by atoms with E-state index in [4.69, 9.17) is 21.1 Å². The zero-order chi connectivity index (χ0) is 18.1. The van der Waals surface area contributed by atoms with Gasteiger partial charge in [-0.1, -0.05) is 17.7 Å². The van der Waals surface area contributed by atoms with E-state index in [1.807, 2.05) is 6.07 Å². The molecule has 0 spiro atoms. The number of halogens is 2. The van der Waals surface area contributed by atoms with Crippen LogP contribution in [0.3, 0.4) is 0 Å². The molecule has 1 aromatic carbocycles. The molecule has 0 unspecified atom stereocenters. The largest absolute Gasteiger partial charge is 0.480 e. The highest BCUT2D eigenvalue weighted by molar-refractivity contribution is 9.10. The number of aliphatic carboxylic acids is 1. The average Bonchev–Trinajstić information content (AvgIpc) is 3.11. The molecule has 1 aliphatic heterocycles. The van der Waals surface area contributed by atoms with Crippen LogP contribution < -0.4 is 0 Å². The molecule has 0 radical (unpaired) electrons. The van der Waals surface area contributed by atoms with Gasteiger partial charge in [-0.2, -0.15) is 0 Å². The summed E-state index contributed by atoms with van der Waals surface area (Å²) in [5, 5.41) is 8.66. The predicted octanol–water partition coefficient (Wildman–Crippen LogP) is 4.48. The van der Waals surface area contributed by atoms with Gasteiger partial charge < -0.3 is 9.52 Å². The highest BCUT2D eigenvalue weighted by Crippen LogP contribution is 2.34. The Morgan fingerprint density at radius 3 is 2.76 bits per heavy atom. The third kappa shape index (κ3) is 3.81. The van der Waals surface area contributed by atoms with Crippen LogP contribution in [0.15, 0.2) is 44.1 Å². The summed E-state index contributed by atoms with van der Waals surface area (Å²) in [7, 11) is 0. The lowest BCUT2D eigenvalue weighted by atomic mass is 10.2. The second kappa shape index (κ2) is 7.07. The van der Waals surface area contributed by atoms with Gasteiger partial charge in [-0.15, -0.1) is 0 Å². The van der Waals surface area contributed by atoms with Crippen LogP contribution in [0.5, 0.6) is 0 Å². The summed E-state index contributed by atoms with van der Waals surface area (Å²) in [4.78, 5) is 35.3. The molecule has 1 saturated heterocycles. The van der Waals surface area contributed by atoms with Gasteiger partial charge in [0.05, 0.1) is 9.93 Å². The number of carbonyl (C=O) groups excluding carboxylic acids is 2. The first-order valence-corrected chi connectivity index (χ1v) is 8.86. The maximum absolute atomic E-state index is 12.1. The average molecular weight is 443 g/mol. The van der Waals surface area contributed by atoms with Crippen molar-refractivity contribution in [2.24, 2.45) is 0 Å². The number of carboxylic acids is 1. The van der Waals surface area contributed by atoms with E-state index in [2.05, 4.69) is 15.9 Å². The topological polar surface area (TPSA) is 87.8 Å². The Morgan fingerprint density at radius 2 is 2.08 bits per heavy atom. The molecule has 0 bridgehead atoms. The Morgan fingerprint density at radius 1 is 1.32 bits per heavy atom. The number of amides is 2. The first kappa shape index (κ1) is 17.8. The second-order valence-corrected chi connectivity index (χ2v) is 7.25. The Kier molecular flexibility index (Phi) is 5.03. The van der Waals surface area contributed by atoms with E-state index >= 15 is 0 Å². The number of imide groups is 1. The van der Waals surface area contributed by atoms with Crippen molar-refractivity contribution in [3.8, 4) is 11.3 Å². The van der Waals surface area contributed by atoms with Crippen molar-refractivity contribution in [3.05, 3.63) is 50.5 Å². The van der Waals surface area contributed by atoms with Crippen molar-refractivity contribution in [3.63, 3.8) is 0 Å².